The van der Waals surface area contributed by atoms with Crippen LogP contribution in [0.2, 0.25) is 18.6 Å². The molecule has 2 aliphatic rings. The molecule has 1 spiro atoms. The fraction of sp³-hybridized carbons (Fsp3) is 0.444. The Kier molecular flexibility index (Phi) is 8.06. The molecule has 1 saturated heterocycles. The largest absolute Gasteiger partial charge is 0.432 e. The van der Waals surface area contributed by atoms with Crippen LogP contribution in [0.15, 0.2) is 48.7 Å². The monoisotopic (exact) mass is 758 g/mol. The number of rotatable bonds is 8. The van der Waals surface area contributed by atoms with Gasteiger partial charge in [0.25, 0.3) is 5.91 Å². The molecule has 0 aliphatic carbocycles. The van der Waals surface area contributed by atoms with E-state index in [1.165, 1.54) is 0 Å². The van der Waals surface area contributed by atoms with Crippen molar-refractivity contribution in [3.8, 4) is 0 Å². The number of aromatic nitrogens is 3. The van der Waals surface area contributed by atoms with E-state index in [1.807, 2.05) is 36.3 Å². The van der Waals surface area contributed by atoms with Gasteiger partial charge in [-0.3, -0.25) is 9.48 Å². The molecule has 0 saturated carbocycles. The Balaban J connectivity index is 1.50. The number of ether oxygens (including phenoxy) is 1. The van der Waals surface area contributed by atoms with E-state index in [0.717, 1.165) is 29.6 Å². The molecular formula is C27H32I2N4O4Si. The molecule has 1 aromatic heterocycles. The summed E-state index contributed by atoms with van der Waals surface area (Å²) in [6, 6.07) is 14.3. The summed E-state index contributed by atoms with van der Waals surface area (Å²) >= 11 is 4.57. The van der Waals surface area contributed by atoms with Crippen LogP contribution < -0.4 is 4.90 Å². The summed E-state index contributed by atoms with van der Waals surface area (Å²) in [5.74, 6) is -0.261. The fourth-order valence-corrected chi connectivity index (χ4v) is 9.64. The number of aryl methyl sites for hydroxylation is 1. The number of benzene rings is 2. The van der Waals surface area contributed by atoms with Crippen molar-refractivity contribution in [1.29, 1.82) is 0 Å². The van der Waals surface area contributed by atoms with Crippen molar-refractivity contribution < 1.29 is 19.4 Å². The van der Waals surface area contributed by atoms with Crippen molar-refractivity contribution in [2.75, 3.05) is 11.5 Å². The van der Waals surface area contributed by atoms with Crippen LogP contribution in [0.25, 0.3) is 0 Å². The van der Waals surface area contributed by atoms with E-state index in [-0.39, 0.29) is 30.1 Å². The third kappa shape index (κ3) is 5.09. The molecule has 3 aromatic rings. The fourth-order valence-electron chi connectivity index (χ4n) is 6.19. The van der Waals surface area contributed by atoms with Gasteiger partial charge in [-0.05, 0) is 101 Å². The van der Waals surface area contributed by atoms with Gasteiger partial charge in [-0.2, -0.15) is 0 Å². The zero-order valence-electron chi connectivity index (χ0n) is 21.6. The van der Waals surface area contributed by atoms with E-state index in [9.17, 15) is 14.7 Å². The number of hydrogen-bond acceptors (Lipinski definition) is 6. The molecule has 1 amide bonds. The van der Waals surface area contributed by atoms with Crippen molar-refractivity contribution in [1.82, 2.24) is 15.0 Å². The topological polar surface area (TPSA) is 101 Å². The Morgan fingerprint density at radius 3 is 2.53 bits per heavy atom. The molecular weight excluding hydrogens is 726 g/mol. The molecule has 2 aromatic carbocycles. The van der Waals surface area contributed by atoms with Crippen molar-refractivity contribution in [3.63, 3.8) is 0 Å². The van der Waals surface area contributed by atoms with Gasteiger partial charge in [-0.1, -0.05) is 24.3 Å². The molecule has 2 aliphatic heterocycles. The van der Waals surface area contributed by atoms with Crippen molar-refractivity contribution >= 4 is 65.1 Å². The average molecular weight is 758 g/mol. The number of aliphatic hydroxyl groups excluding tert-OH is 1. The molecule has 8 nitrogen and oxygen atoms in total. The van der Waals surface area contributed by atoms with Crippen molar-refractivity contribution in [2.24, 2.45) is 5.92 Å². The average Bonchev–Trinajstić information content (AvgIpc) is 3.50. The van der Waals surface area contributed by atoms with Crippen LogP contribution in [0.4, 0.5) is 5.69 Å². The highest BCUT2D eigenvalue weighted by atomic mass is 127. The first kappa shape index (κ1) is 28.1. The molecule has 0 radical (unpaired) electrons. The van der Waals surface area contributed by atoms with E-state index in [0.29, 0.717) is 25.9 Å². The SMILES string of the molecule is C[C@@H]1[C@@H]([Si](C)(C)O)[C@H](CCn2cc(CCO)nn2)O[C@@]12C(=O)N(Cc1ccc(I)cc1)c1ccc(I)cc12. The summed E-state index contributed by atoms with van der Waals surface area (Å²) in [5, 5.41) is 17.5. The molecule has 3 heterocycles. The van der Waals surface area contributed by atoms with Crippen LogP contribution in [0.5, 0.6) is 0 Å². The van der Waals surface area contributed by atoms with E-state index < -0.39 is 13.9 Å². The van der Waals surface area contributed by atoms with Gasteiger partial charge >= 0.3 is 0 Å². The predicted molar refractivity (Wildman–Crippen MR) is 164 cm³/mol. The lowest BCUT2D eigenvalue weighted by atomic mass is 9.82. The number of anilines is 1. The normalized spacial score (nSPS) is 25.0. The first-order valence-electron chi connectivity index (χ1n) is 12.8. The highest BCUT2D eigenvalue weighted by molar-refractivity contribution is 14.1. The Hall–Kier alpha value is -1.39. The van der Waals surface area contributed by atoms with Gasteiger partial charge in [0.05, 0.1) is 24.0 Å². The van der Waals surface area contributed by atoms with Crippen molar-refractivity contribution in [3.05, 3.63) is 72.6 Å². The lowest BCUT2D eigenvalue weighted by Gasteiger charge is -2.32. The second-order valence-electron chi connectivity index (χ2n) is 10.8. The number of amides is 1. The molecule has 2 N–H and O–H groups in total. The van der Waals surface area contributed by atoms with Gasteiger partial charge in [-0.15, -0.1) is 5.10 Å². The van der Waals surface area contributed by atoms with Crippen LogP contribution in [-0.4, -0.2) is 51.8 Å². The van der Waals surface area contributed by atoms with Crippen LogP contribution >= 0.6 is 45.2 Å². The number of fused-ring (bicyclic) bond motifs is 2. The van der Waals surface area contributed by atoms with Crippen LogP contribution in [0.1, 0.15) is 30.2 Å². The molecule has 1 fully saturated rings. The first-order valence-corrected chi connectivity index (χ1v) is 18.0. The molecule has 4 atom stereocenters. The minimum absolute atomic E-state index is 0.0237. The zero-order chi connectivity index (χ0) is 27.2. The molecule has 11 heteroatoms. The maximum absolute atomic E-state index is 14.4. The van der Waals surface area contributed by atoms with Crippen LogP contribution in [0, 0.1) is 13.1 Å². The molecule has 202 valence electrons. The van der Waals surface area contributed by atoms with Gasteiger partial charge in [0.15, 0.2) is 13.9 Å². The number of hydrogen-bond donors (Lipinski definition) is 2. The number of nitrogens with zero attached hydrogens (tertiary/aromatic N) is 4. The van der Waals surface area contributed by atoms with E-state index in [4.69, 9.17) is 4.74 Å². The van der Waals surface area contributed by atoms with Crippen LogP contribution in [0.3, 0.4) is 0 Å². The number of halogens is 2. The Morgan fingerprint density at radius 2 is 1.84 bits per heavy atom. The number of aliphatic hydroxyl groups is 1. The summed E-state index contributed by atoms with van der Waals surface area (Å²) in [6.45, 7) is 6.99. The standard InChI is InChI=1S/C27H32I2N4O4Si/c1-17-25(38(2,3)36)24(10-12-32-16-21(11-13-34)30-31-32)37-27(17)22-14-20(29)8-9-23(22)33(26(27)35)15-18-4-6-19(28)7-5-18/h4-9,14,16-17,24-25,34,36H,10-13,15H2,1-3H3/t17-,24+,25-,27+/m1/s1. The summed E-state index contributed by atoms with van der Waals surface area (Å²) in [6.07, 6.45) is 2.58. The quantitative estimate of drug-likeness (QED) is 0.260. The van der Waals surface area contributed by atoms with E-state index in [2.05, 4.69) is 92.7 Å². The Bertz CT molecular complexity index is 1330. The van der Waals surface area contributed by atoms with Crippen molar-refractivity contribution in [2.45, 2.75) is 63.2 Å². The number of carbonyl (C=O) groups is 1. The highest BCUT2D eigenvalue weighted by Gasteiger charge is 2.66. The Labute approximate surface area is 251 Å². The number of carbonyl (C=O) groups excluding carboxylic acids is 1. The molecule has 5 rings (SSSR count). The first-order chi connectivity index (χ1) is 18.0. The van der Waals surface area contributed by atoms with Gasteiger partial charge in [0.2, 0.25) is 0 Å². The summed E-state index contributed by atoms with van der Waals surface area (Å²) in [4.78, 5) is 27.7. The summed E-state index contributed by atoms with van der Waals surface area (Å²) in [5.41, 5.74) is 2.27. The van der Waals surface area contributed by atoms with E-state index >= 15 is 0 Å². The Morgan fingerprint density at radius 1 is 1.13 bits per heavy atom. The lowest BCUT2D eigenvalue weighted by Crippen LogP contribution is -2.46. The maximum atomic E-state index is 14.4. The molecule has 38 heavy (non-hydrogen) atoms. The molecule has 0 unspecified atom stereocenters. The minimum atomic E-state index is -2.73. The second kappa shape index (κ2) is 10.9. The third-order valence-corrected chi connectivity index (χ3v) is 11.7. The van der Waals surface area contributed by atoms with E-state index in [1.54, 1.807) is 4.68 Å². The second-order valence-corrected chi connectivity index (χ2v) is 17.2. The van der Waals surface area contributed by atoms with Gasteiger partial charge < -0.3 is 19.5 Å². The van der Waals surface area contributed by atoms with Gasteiger partial charge in [-0.25, -0.2) is 0 Å². The predicted octanol–water partition coefficient (Wildman–Crippen LogP) is 4.46. The zero-order valence-corrected chi connectivity index (χ0v) is 27.0. The van der Waals surface area contributed by atoms with Gasteiger partial charge in [0, 0.05) is 49.9 Å². The summed E-state index contributed by atoms with van der Waals surface area (Å²) < 4.78 is 10.8. The lowest BCUT2D eigenvalue weighted by molar-refractivity contribution is -0.146. The summed E-state index contributed by atoms with van der Waals surface area (Å²) in [7, 11) is -2.73. The maximum Gasteiger partial charge on any atom is 0.264 e. The molecule has 0 bridgehead atoms. The minimum Gasteiger partial charge on any atom is -0.432 e. The van der Waals surface area contributed by atoms with Crippen LogP contribution in [-0.2, 0) is 34.6 Å². The van der Waals surface area contributed by atoms with Gasteiger partial charge in [0.1, 0.15) is 0 Å². The third-order valence-electron chi connectivity index (χ3n) is 7.80. The highest BCUT2D eigenvalue weighted by Crippen LogP contribution is 2.60. The smallest absolute Gasteiger partial charge is 0.264 e.